The first-order valence-corrected chi connectivity index (χ1v) is 7.14. The average Bonchev–Trinajstić information content (AvgIpc) is 3.01. The number of amides is 1. The van der Waals surface area contributed by atoms with E-state index >= 15 is 0 Å². The first kappa shape index (κ1) is 14.3. The van der Waals surface area contributed by atoms with Crippen LogP contribution in [0.25, 0.3) is 0 Å². The van der Waals surface area contributed by atoms with Gasteiger partial charge in [0.1, 0.15) is 0 Å². The molecule has 1 N–H and O–H groups in total. The maximum atomic E-state index is 12.5. The van der Waals surface area contributed by atoms with Gasteiger partial charge >= 0.3 is 5.97 Å². The molecular weight excluding hydrogens is 280 g/mol. The molecule has 1 aromatic carbocycles. The van der Waals surface area contributed by atoms with Crippen molar-refractivity contribution in [2.24, 2.45) is 5.92 Å². The standard InChI is InChI=1S/C17H16N2O3/c20-16(13-7-4-8-18-9-13)19-10-14(15(11-19)17(21)22)12-5-2-1-3-6-12/h1-9,14-15H,10-11H2,(H,21,22)/t14-,15+/m0/s1. The van der Waals surface area contributed by atoms with E-state index < -0.39 is 11.9 Å². The van der Waals surface area contributed by atoms with Gasteiger partial charge < -0.3 is 10.0 Å². The number of carbonyl (C=O) groups excluding carboxylic acids is 1. The Balaban J connectivity index is 1.85. The summed E-state index contributed by atoms with van der Waals surface area (Å²) in [5.41, 5.74) is 1.44. The van der Waals surface area contributed by atoms with Gasteiger partial charge in [0, 0.05) is 31.4 Å². The Morgan fingerprint density at radius 1 is 1.09 bits per heavy atom. The van der Waals surface area contributed by atoms with Crippen LogP contribution in [0.4, 0.5) is 0 Å². The normalized spacial score (nSPS) is 20.8. The maximum Gasteiger partial charge on any atom is 0.308 e. The fourth-order valence-corrected chi connectivity index (χ4v) is 2.93. The van der Waals surface area contributed by atoms with Gasteiger partial charge in [0.2, 0.25) is 0 Å². The largest absolute Gasteiger partial charge is 0.481 e. The highest BCUT2D eigenvalue weighted by Gasteiger charge is 2.40. The topological polar surface area (TPSA) is 70.5 Å². The SMILES string of the molecule is O=C(O)[C@@H]1CN(C(=O)c2cccnc2)C[C@H]1c1ccccc1. The van der Waals surface area contributed by atoms with Crippen molar-refractivity contribution in [2.75, 3.05) is 13.1 Å². The second-order valence-electron chi connectivity index (χ2n) is 5.41. The van der Waals surface area contributed by atoms with Crippen molar-refractivity contribution < 1.29 is 14.7 Å². The Morgan fingerprint density at radius 2 is 1.86 bits per heavy atom. The van der Waals surface area contributed by atoms with Gasteiger partial charge in [-0.25, -0.2) is 0 Å². The quantitative estimate of drug-likeness (QED) is 0.940. The highest BCUT2D eigenvalue weighted by Crippen LogP contribution is 2.33. The van der Waals surface area contributed by atoms with Gasteiger partial charge in [0.25, 0.3) is 5.91 Å². The molecule has 112 valence electrons. The third-order valence-electron chi connectivity index (χ3n) is 4.06. The van der Waals surface area contributed by atoms with Crippen molar-refractivity contribution in [3.8, 4) is 0 Å². The molecule has 1 saturated heterocycles. The third-order valence-corrected chi connectivity index (χ3v) is 4.06. The van der Waals surface area contributed by atoms with Crippen molar-refractivity contribution in [3.63, 3.8) is 0 Å². The summed E-state index contributed by atoms with van der Waals surface area (Å²) in [6.45, 7) is 0.636. The Bertz CT molecular complexity index is 673. The Hall–Kier alpha value is -2.69. The lowest BCUT2D eigenvalue weighted by Crippen LogP contribution is -2.29. The molecule has 5 nitrogen and oxygen atoms in total. The molecule has 3 rings (SSSR count). The zero-order valence-corrected chi connectivity index (χ0v) is 11.9. The minimum atomic E-state index is -0.865. The van der Waals surface area contributed by atoms with Crippen LogP contribution >= 0.6 is 0 Å². The zero-order valence-electron chi connectivity index (χ0n) is 11.9. The van der Waals surface area contributed by atoms with Gasteiger partial charge in [0.05, 0.1) is 11.5 Å². The first-order valence-electron chi connectivity index (χ1n) is 7.14. The van der Waals surface area contributed by atoms with Crippen LogP contribution in [0.1, 0.15) is 21.8 Å². The molecule has 5 heteroatoms. The lowest BCUT2D eigenvalue weighted by atomic mass is 9.89. The molecule has 2 aromatic rings. The highest BCUT2D eigenvalue weighted by molar-refractivity contribution is 5.94. The van der Waals surface area contributed by atoms with Crippen molar-refractivity contribution in [2.45, 2.75) is 5.92 Å². The molecule has 0 saturated carbocycles. The Labute approximate surface area is 128 Å². The van der Waals surface area contributed by atoms with E-state index in [1.54, 1.807) is 23.2 Å². The Kier molecular flexibility index (Phi) is 3.87. The molecular formula is C17H16N2O3. The number of pyridine rings is 1. The number of hydrogen-bond donors (Lipinski definition) is 1. The smallest absolute Gasteiger partial charge is 0.308 e. The van der Waals surface area contributed by atoms with E-state index in [-0.39, 0.29) is 18.4 Å². The van der Waals surface area contributed by atoms with E-state index in [9.17, 15) is 14.7 Å². The minimum Gasteiger partial charge on any atom is -0.481 e. The molecule has 1 aliphatic rings. The summed E-state index contributed by atoms with van der Waals surface area (Å²) in [6, 6.07) is 12.9. The van der Waals surface area contributed by atoms with E-state index in [0.717, 1.165) is 5.56 Å². The van der Waals surface area contributed by atoms with Gasteiger partial charge in [-0.05, 0) is 17.7 Å². The summed E-state index contributed by atoms with van der Waals surface area (Å²) in [4.78, 5) is 29.6. The molecule has 1 aromatic heterocycles. The average molecular weight is 296 g/mol. The van der Waals surface area contributed by atoms with Crippen LogP contribution in [0, 0.1) is 5.92 Å². The number of aromatic nitrogens is 1. The van der Waals surface area contributed by atoms with E-state index in [1.165, 1.54) is 6.20 Å². The summed E-state index contributed by atoms with van der Waals surface area (Å²) >= 11 is 0. The number of aliphatic carboxylic acids is 1. The van der Waals surface area contributed by atoms with Gasteiger partial charge in [-0.3, -0.25) is 14.6 Å². The molecule has 2 heterocycles. The van der Waals surface area contributed by atoms with Crippen molar-refractivity contribution in [3.05, 3.63) is 66.0 Å². The Morgan fingerprint density at radius 3 is 2.50 bits per heavy atom. The van der Waals surface area contributed by atoms with Gasteiger partial charge in [0.15, 0.2) is 0 Å². The van der Waals surface area contributed by atoms with Gasteiger partial charge in [-0.1, -0.05) is 30.3 Å². The van der Waals surface area contributed by atoms with Crippen LogP contribution < -0.4 is 0 Å². The molecule has 1 amide bonds. The number of carbonyl (C=O) groups is 2. The second kappa shape index (κ2) is 5.97. The van der Waals surface area contributed by atoms with Crippen LogP contribution in [-0.4, -0.2) is 40.0 Å². The summed E-state index contributed by atoms with van der Waals surface area (Å²) in [5, 5.41) is 9.46. The number of likely N-dealkylation sites (tertiary alicyclic amines) is 1. The van der Waals surface area contributed by atoms with Crippen LogP contribution in [0.3, 0.4) is 0 Å². The predicted molar refractivity (Wildman–Crippen MR) is 80.4 cm³/mol. The van der Waals surface area contributed by atoms with E-state index in [4.69, 9.17) is 0 Å². The third kappa shape index (κ3) is 2.70. The summed E-state index contributed by atoms with van der Waals surface area (Å²) in [5.74, 6) is -1.80. The van der Waals surface area contributed by atoms with Crippen LogP contribution in [0.2, 0.25) is 0 Å². The second-order valence-corrected chi connectivity index (χ2v) is 5.41. The van der Waals surface area contributed by atoms with Gasteiger partial charge in [-0.2, -0.15) is 0 Å². The molecule has 0 bridgehead atoms. The zero-order chi connectivity index (χ0) is 15.5. The van der Waals surface area contributed by atoms with E-state index in [0.29, 0.717) is 12.1 Å². The monoisotopic (exact) mass is 296 g/mol. The number of hydrogen-bond acceptors (Lipinski definition) is 3. The molecule has 1 aliphatic heterocycles. The maximum absolute atomic E-state index is 12.5. The highest BCUT2D eigenvalue weighted by atomic mass is 16.4. The minimum absolute atomic E-state index is 0.169. The van der Waals surface area contributed by atoms with Crippen molar-refractivity contribution in [1.29, 1.82) is 0 Å². The fourth-order valence-electron chi connectivity index (χ4n) is 2.93. The van der Waals surface area contributed by atoms with Crippen molar-refractivity contribution >= 4 is 11.9 Å². The number of carboxylic acids is 1. The van der Waals surface area contributed by atoms with Gasteiger partial charge in [-0.15, -0.1) is 0 Å². The number of rotatable bonds is 3. The molecule has 1 fully saturated rings. The molecule has 0 radical (unpaired) electrons. The van der Waals surface area contributed by atoms with E-state index in [2.05, 4.69) is 4.98 Å². The molecule has 0 spiro atoms. The summed E-state index contributed by atoms with van der Waals surface area (Å²) in [6.07, 6.45) is 3.11. The number of nitrogens with zero attached hydrogens (tertiary/aromatic N) is 2. The molecule has 2 atom stereocenters. The first-order chi connectivity index (χ1) is 10.7. The van der Waals surface area contributed by atoms with Crippen LogP contribution in [0.5, 0.6) is 0 Å². The van der Waals surface area contributed by atoms with Crippen LogP contribution in [-0.2, 0) is 4.79 Å². The number of benzene rings is 1. The van der Waals surface area contributed by atoms with Crippen LogP contribution in [0.15, 0.2) is 54.9 Å². The van der Waals surface area contributed by atoms with Crippen molar-refractivity contribution in [1.82, 2.24) is 9.88 Å². The summed E-state index contributed by atoms with van der Waals surface area (Å²) < 4.78 is 0. The predicted octanol–water partition coefficient (Wildman–Crippen LogP) is 2.02. The van der Waals surface area contributed by atoms with E-state index in [1.807, 2.05) is 30.3 Å². The lowest BCUT2D eigenvalue weighted by Gasteiger charge is -2.16. The molecule has 0 unspecified atom stereocenters. The fraction of sp³-hybridized carbons (Fsp3) is 0.235. The molecule has 22 heavy (non-hydrogen) atoms. The lowest BCUT2D eigenvalue weighted by molar-refractivity contribution is -0.141. The summed E-state index contributed by atoms with van der Waals surface area (Å²) in [7, 11) is 0. The molecule has 0 aliphatic carbocycles. The number of carboxylic acid groups (broad SMARTS) is 1.